The Morgan fingerprint density at radius 1 is 0.263 bits per heavy atom. The second-order valence-electron chi connectivity index (χ2n) is 21.6. The molecule has 1 atom stereocenters. The Bertz CT molecular complexity index is 1700. The van der Waals surface area contributed by atoms with Crippen LogP contribution in [0.5, 0.6) is 0 Å². The van der Waals surface area contributed by atoms with E-state index in [0.717, 1.165) is 141 Å². The molecule has 0 heterocycles. The number of carbonyl (C=O) groups excluding carboxylic acids is 3. The molecule has 0 fully saturated rings. The van der Waals surface area contributed by atoms with Crippen LogP contribution >= 0.6 is 0 Å². The van der Waals surface area contributed by atoms with Gasteiger partial charge < -0.3 is 14.2 Å². The third-order valence-electron chi connectivity index (χ3n) is 13.9. The molecule has 0 amide bonds. The fraction of sp³-hybridized carbons (Fsp3) is 0.662. The van der Waals surface area contributed by atoms with Crippen molar-refractivity contribution >= 4 is 17.9 Å². The van der Waals surface area contributed by atoms with Gasteiger partial charge in [0.2, 0.25) is 0 Å². The van der Waals surface area contributed by atoms with Gasteiger partial charge in [0.1, 0.15) is 13.2 Å². The standard InChI is InChI=1S/C74H122O6/c1-4-7-10-13-16-19-22-25-28-30-32-34-35-36-37-38-39-41-42-44-46-49-52-55-58-61-64-67-73(76)79-70-71(69-78-72(75)66-63-60-57-54-51-48-27-24-21-18-15-12-9-6-3)80-74(77)68-65-62-59-56-53-50-47-45-43-40-33-31-29-26-23-20-17-14-11-8-5-2/h7-8,10-11,16-17,19-20,24-29,32-34,36-37,39-41,71H,4-6,9,12-15,18,21-23,30-31,35,38,42-70H2,1-3H3/b10-7-,11-8-,19-16-,20-17-,27-24-,28-25-,29-26-,34-32-,37-36-,40-33-,41-39-. The highest BCUT2D eigenvalue weighted by Crippen LogP contribution is 2.15. The summed E-state index contributed by atoms with van der Waals surface area (Å²) in [4.78, 5) is 38.4. The molecule has 0 aromatic carbocycles. The zero-order valence-corrected chi connectivity index (χ0v) is 52.0. The molecule has 0 N–H and O–H groups in total. The molecule has 0 saturated carbocycles. The number of hydrogen-bond acceptors (Lipinski definition) is 6. The summed E-state index contributed by atoms with van der Waals surface area (Å²) in [7, 11) is 0. The quantitative estimate of drug-likeness (QED) is 0.0261. The molecule has 454 valence electrons. The van der Waals surface area contributed by atoms with Gasteiger partial charge in [0.05, 0.1) is 0 Å². The van der Waals surface area contributed by atoms with Crippen LogP contribution in [-0.2, 0) is 28.6 Å². The van der Waals surface area contributed by atoms with Crippen LogP contribution in [-0.4, -0.2) is 37.2 Å². The zero-order valence-electron chi connectivity index (χ0n) is 52.0. The first-order valence-electron chi connectivity index (χ1n) is 33.2. The van der Waals surface area contributed by atoms with Crippen molar-refractivity contribution in [2.24, 2.45) is 0 Å². The Labute approximate surface area is 494 Å². The van der Waals surface area contributed by atoms with Gasteiger partial charge in [0.25, 0.3) is 0 Å². The lowest BCUT2D eigenvalue weighted by Gasteiger charge is -2.18. The molecule has 0 aromatic rings. The summed E-state index contributed by atoms with van der Waals surface area (Å²) in [6.07, 6.45) is 94.5. The lowest BCUT2D eigenvalue weighted by Crippen LogP contribution is -2.30. The summed E-state index contributed by atoms with van der Waals surface area (Å²) in [6, 6.07) is 0. The lowest BCUT2D eigenvalue weighted by atomic mass is 10.1. The molecule has 0 saturated heterocycles. The summed E-state index contributed by atoms with van der Waals surface area (Å²) >= 11 is 0. The van der Waals surface area contributed by atoms with Crippen LogP contribution in [0, 0.1) is 0 Å². The molecule has 0 aliphatic heterocycles. The highest BCUT2D eigenvalue weighted by Gasteiger charge is 2.19. The largest absolute Gasteiger partial charge is 0.462 e. The van der Waals surface area contributed by atoms with E-state index in [1.807, 2.05) is 0 Å². The van der Waals surface area contributed by atoms with Crippen molar-refractivity contribution in [3.8, 4) is 0 Å². The maximum absolute atomic E-state index is 12.9. The number of rotatable bonds is 59. The van der Waals surface area contributed by atoms with Crippen molar-refractivity contribution in [2.75, 3.05) is 13.2 Å². The molecular weight excluding hydrogens is 985 g/mol. The Morgan fingerprint density at radius 3 is 0.775 bits per heavy atom. The van der Waals surface area contributed by atoms with Gasteiger partial charge in [0.15, 0.2) is 6.10 Å². The van der Waals surface area contributed by atoms with Crippen molar-refractivity contribution < 1.29 is 28.6 Å². The zero-order chi connectivity index (χ0) is 57.8. The topological polar surface area (TPSA) is 78.9 Å². The van der Waals surface area contributed by atoms with Crippen LogP contribution in [0.3, 0.4) is 0 Å². The summed E-state index contributed by atoms with van der Waals surface area (Å²) < 4.78 is 16.9. The van der Waals surface area contributed by atoms with Gasteiger partial charge in [0, 0.05) is 19.3 Å². The van der Waals surface area contributed by atoms with E-state index < -0.39 is 6.10 Å². The number of hydrogen-bond donors (Lipinski definition) is 0. The number of carbonyl (C=O) groups is 3. The monoisotopic (exact) mass is 1110 g/mol. The molecule has 0 radical (unpaired) electrons. The molecule has 6 nitrogen and oxygen atoms in total. The van der Waals surface area contributed by atoms with Gasteiger partial charge >= 0.3 is 17.9 Å². The Morgan fingerprint density at radius 2 is 0.487 bits per heavy atom. The third-order valence-corrected chi connectivity index (χ3v) is 13.9. The molecule has 0 bridgehead atoms. The van der Waals surface area contributed by atoms with Crippen LogP contribution in [0.2, 0.25) is 0 Å². The molecule has 0 rings (SSSR count). The first-order valence-corrected chi connectivity index (χ1v) is 33.2. The summed E-state index contributed by atoms with van der Waals surface area (Å²) in [5.74, 6) is -0.910. The minimum atomic E-state index is -0.795. The Hall–Kier alpha value is -4.45. The van der Waals surface area contributed by atoms with E-state index in [2.05, 4.69) is 154 Å². The van der Waals surface area contributed by atoms with Crippen molar-refractivity contribution in [1.29, 1.82) is 0 Å². The summed E-state index contributed by atoms with van der Waals surface area (Å²) in [5.41, 5.74) is 0. The van der Waals surface area contributed by atoms with Crippen molar-refractivity contribution in [2.45, 2.75) is 303 Å². The fourth-order valence-corrected chi connectivity index (χ4v) is 8.96. The molecule has 6 heteroatoms. The SMILES string of the molecule is CC/C=C\C/C=C\C/C=C\C/C=C\C/C=C\C/C=C\CCCCCCCCCCC(=O)OCC(COC(=O)CCCCCCC/C=C\CCCCCCC)OC(=O)CCCCCCCCCC/C=C\C/C=C\C/C=C\C/C=C\CC. The van der Waals surface area contributed by atoms with Gasteiger partial charge in [-0.1, -0.05) is 276 Å². The number of allylic oxidation sites excluding steroid dienone is 22. The highest BCUT2D eigenvalue weighted by molar-refractivity contribution is 5.71. The van der Waals surface area contributed by atoms with E-state index >= 15 is 0 Å². The van der Waals surface area contributed by atoms with Gasteiger partial charge in [-0.25, -0.2) is 0 Å². The van der Waals surface area contributed by atoms with Crippen LogP contribution in [0.25, 0.3) is 0 Å². The van der Waals surface area contributed by atoms with E-state index in [0.29, 0.717) is 19.3 Å². The first-order chi connectivity index (χ1) is 39.5. The number of esters is 3. The summed E-state index contributed by atoms with van der Waals surface area (Å²) in [5, 5.41) is 0. The van der Waals surface area contributed by atoms with E-state index in [4.69, 9.17) is 14.2 Å². The van der Waals surface area contributed by atoms with E-state index in [1.54, 1.807) is 0 Å². The van der Waals surface area contributed by atoms with Crippen molar-refractivity contribution in [3.63, 3.8) is 0 Å². The normalized spacial score (nSPS) is 13.0. The van der Waals surface area contributed by atoms with Gasteiger partial charge in [-0.15, -0.1) is 0 Å². The summed E-state index contributed by atoms with van der Waals surface area (Å²) in [6.45, 7) is 6.40. The highest BCUT2D eigenvalue weighted by atomic mass is 16.6. The maximum Gasteiger partial charge on any atom is 0.306 e. The predicted octanol–water partition coefficient (Wildman–Crippen LogP) is 22.9. The third kappa shape index (κ3) is 64.4. The second-order valence-corrected chi connectivity index (χ2v) is 21.6. The smallest absolute Gasteiger partial charge is 0.306 e. The molecular formula is C74H122O6. The minimum Gasteiger partial charge on any atom is -0.462 e. The van der Waals surface area contributed by atoms with Crippen LogP contribution in [0.1, 0.15) is 297 Å². The fourth-order valence-electron chi connectivity index (χ4n) is 8.96. The van der Waals surface area contributed by atoms with E-state index in [-0.39, 0.29) is 31.1 Å². The van der Waals surface area contributed by atoms with Crippen LogP contribution in [0.15, 0.2) is 134 Å². The van der Waals surface area contributed by atoms with Crippen molar-refractivity contribution in [3.05, 3.63) is 134 Å². The first kappa shape index (κ1) is 75.5. The minimum absolute atomic E-state index is 0.0908. The Balaban J connectivity index is 4.39. The van der Waals surface area contributed by atoms with E-state index in [1.165, 1.54) is 116 Å². The molecule has 1 unspecified atom stereocenters. The predicted molar refractivity (Wildman–Crippen MR) is 348 cm³/mol. The van der Waals surface area contributed by atoms with Gasteiger partial charge in [-0.05, 0) is 135 Å². The molecule has 0 aromatic heterocycles. The Kier molecular flexibility index (Phi) is 63.3. The second kappa shape index (κ2) is 67.1. The van der Waals surface area contributed by atoms with Gasteiger partial charge in [-0.2, -0.15) is 0 Å². The average molecular weight is 1110 g/mol. The molecule has 0 spiro atoms. The number of unbranched alkanes of at least 4 members (excludes halogenated alkanes) is 26. The molecule has 0 aliphatic rings. The molecule has 80 heavy (non-hydrogen) atoms. The number of ether oxygens (including phenoxy) is 3. The van der Waals surface area contributed by atoms with Crippen LogP contribution in [0.4, 0.5) is 0 Å². The molecule has 0 aliphatic carbocycles. The maximum atomic E-state index is 12.9. The van der Waals surface area contributed by atoms with Crippen LogP contribution < -0.4 is 0 Å². The van der Waals surface area contributed by atoms with Gasteiger partial charge in [-0.3, -0.25) is 14.4 Å². The van der Waals surface area contributed by atoms with Crippen molar-refractivity contribution in [1.82, 2.24) is 0 Å². The lowest BCUT2D eigenvalue weighted by molar-refractivity contribution is -0.167. The van der Waals surface area contributed by atoms with E-state index in [9.17, 15) is 14.4 Å². The average Bonchev–Trinajstić information content (AvgIpc) is 3.46.